The minimum absolute atomic E-state index is 0.126. The molecule has 5 heteroatoms. The van der Waals surface area contributed by atoms with Crippen molar-refractivity contribution in [2.24, 2.45) is 5.73 Å². The van der Waals surface area contributed by atoms with E-state index in [1.807, 2.05) is 0 Å². The average molecular weight is 258 g/mol. The van der Waals surface area contributed by atoms with Crippen molar-refractivity contribution in [1.82, 2.24) is 10.3 Å². The molecule has 0 bridgehead atoms. The van der Waals surface area contributed by atoms with E-state index < -0.39 is 0 Å². The van der Waals surface area contributed by atoms with Gasteiger partial charge in [-0.15, -0.1) is 0 Å². The Morgan fingerprint density at radius 3 is 3.07 bits per heavy atom. The number of pyridine rings is 1. The van der Waals surface area contributed by atoms with Crippen LogP contribution in [0.15, 0.2) is 22.9 Å². The molecule has 0 aliphatic heterocycles. The molecule has 1 heterocycles. The van der Waals surface area contributed by atoms with E-state index >= 15 is 0 Å². The van der Waals surface area contributed by atoms with E-state index in [0.717, 1.165) is 6.42 Å². The molecule has 4 nitrogen and oxygen atoms in total. The second kappa shape index (κ2) is 5.72. The molecule has 0 aliphatic carbocycles. The van der Waals surface area contributed by atoms with Gasteiger partial charge in [0.05, 0.1) is 5.56 Å². The quantitative estimate of drug-likeness (QED) is 0.623. The van der Waals surface area contributed by atoms with Gasteiger partial charge in [0.25, 0.3) is 5.91 Å². The molecule has 0 spiro atoms. The highest BCUT2D eigenvalue weighted by Gasteiger charge is 2.08. The minimum Gasteiger partial charge on any atom is -0.352 e. The normalized spacial score (nSPS) is 9.86. The molecule has 0 unspecified atom stereocenters. The number of amides is 1. The number of carbonyl (C=O) groups excluding carboxylic acids is 1. The summed E-state index contributed by atoms with van der Waals surface area (Å²) in [6, 6.07) is 3.44. The number of nitrogens with one attached hydrogen (secondary N) is 1. The molecule has 0 aromatic carbocycles. The Bertz CT molecular complexity index is 317. The zero-order valence-corrected chi connectivity index (χ0v) is 9.25. The molecule has 0 fully saturated rings. The summed E-state index contributed by atoms with van der Waals surface area (Å²) in [5.41, 5.74) is 5.86. The maximum absolute atomic E-state index is 11.5. The molecular weight excluding hydrogens is 246 g/mol. The predicted molar refractivity (Wildman–Crippen MR) is 57.9 cm³/mol. The highest BCUT2D eigenvalue weighted by atomic mass is 79.9. The Kier molecular flexibility index (Phi) is 4.55. The smallest absolute Gasteiger partial charge is 0.254 e. The van der Waals surface area contributed by atoms with Crippen molar-refractivity contribution in [2.75, 3.05) is 13.1 Å². The summed E-state index contributed by atoms with van der Waals surface area (Å²) in [6.45, 7) is 1.17. The zero-order valence-electron chi connectivity index (χ0n) is 7.66. The summed E-state index contributed by atoms with van der Waals surface area (Å²) in [7, 11) is 0. The van der Waals surface area contributed by atoms with Crippen LogP contribution >= 0.6 is 15.9 Å². The Hall–Kier alpha value is -0.940. The van der Waals surface area contributed by atoms with Gasteiger partial charge in [0, 0.05) is 12.7 Å². The third-order valence-corrected chi connectivity index (χ3v) is 2.30. The monoisotopic (exact) mass is 257 g/mol. The van der Waals surface area contributed by atoms with Gasteiger partial charge < -0.3 is 11.1 Å². The van der Waals surface area contributed by atoms with Crippen LogP contribution in [0.3, 0.4) is 0 Å². The molecule has 1 amide bonds. The van der Waals surface area contributed by atoms with Crippen LogP contribution in [0, 0.1) is 0 Å². The van der Waals surface area contributed by atoms with Crippen molar-refractivity contribution < 1.29 is 4.79 Å². The first-order chi connectivity index (χ1) is 6.75. The lowest BCUT2D eigenvalue weighted by molar-refractivity contribution is 0.0952. The van der Waals surface area contributed by atoms with Crippen molar-refractivity contribution in [3.63, 3.8) is 0 Å². The zero-order chi connectivity index (χ0) is 10.4. The molecule has 76 valence electrons. The number of halogens is 1. The maximum Gasteiger partial charge on any atom is 0.254 e. The molecule has 1 aromatic rings. The summed E-state index contributed by atoms with van der Waals surface area (Å²) in [5.74, 6) is -0.126. The summed E-state index contributed by atoms with van der Waals surface area (Å²) < 4.78 is 0.560. The molecule has 0 aliphatic rings. The molecule has 0 atom stereocenters. The van der Waals surface area contributed by atoms with Gasteiger partial charge >= 0.3 is 0 Å². The lowest BCUT2D eigenvalue weighted by Crippen LogP contribution is -2.26. The van der Waals surface area contributed by atoms with Crippen LogP contribution in [0.25, 0.3) is 0 Å². The lowest BCUT2D eigenvalue weighted by Gasteiger charge is -2.04. The summed E-state index contributed by atoms with van der Waals surface area (Å²) in [4.78, 5) is 15.5. The Morgan fingerprint density at radius 2 is 2.43 bits per heavy atom. The van der Waals surface area contributed by atoms with Gasteiger partial charge in [-0.25, -0.2) is 4.98 Å². The minimum atomic E-state index is -0.126. The van der Waals surface area contributed by atoms with E-state index in [-0.39, 0.29) is 5.91 Å². The topological polar surface area (TPSA) is 68.0 Å². The van der Waals surface area contributed by atoms with Gasteiger partial charge in [0.15, 0.2) is 0 Å². The van der Waals surface area contributed by atoms with Gasteiger partial charge in [0.2, 0.25) is 0 Å². The number of rotatable bonds is 4. The first kappa shape index (κ1) is 11.1. The highest BCUT2D eigenvalue weighted by molar-refractivity contribution is 9.10. The second-order valence-electron chi connectivity index (χ2n) is 2.74. The van der Waals surface area contributed by atoms with Crippen LogP contribution in [-0.4, -0.2) is 24.0 Å². The third kappa shape index (κ3) is 3.08. The Balaban J connectivity index is 2.56. The van der Waals surface area contributed by atoms with Gasteiger partial charge in [-0.3, -0.25) is 4.79 Å². The molecule has 14 heavy (non-hydrogen) atoms. The highest BCUT2D eigenvalue weighted by Crippen LogP contribution is 2.11. The SMILES string of the molecule is NCCCNC(=O)c1cccnc1Br. The molecule has 0 radical (unpaired) electrons. The Morgan fingerprint density at radius 1 is 1.64 bits per heavy atom. The summed E-state index contributed by atoms with van der Waals surface area (Å²) >= 11 is 3.21. The van der Waals surface area contributed by atoms with Gasteiger partial charge in [-0.05, 0) is 41.0 Å². The molecule has 3 N–H and O–H groups in total. The van der Waals surface area contributed by atoms with Crippen molar-refractivity contribution >= 4 is 21.8 Å². The summed E-state index contributed by atoms with van der Waals surface area (Å²) in [6.07, 6.45) is 2.41. The standard InChI is InChI=1S/C9H12BrN3O/c10-8-7(3-1-5-12-8)9(14)13-6-2-4-11/h1,3,5H,2,4,6,11H2,(H,13,14). The van der Waals surface area contributed by atoms with Crippen molar-refractivity contribution in [3.05, 3.63) is 28.5 Å². The molecular formula is C9H12BrN3O. The third-order valence-electron chi connectivity index (χ3n) is 1.67. The van der Waals surface area contributed by atoms with Crippen molar-refractivity contribution in [2.45, 2.75) is 6.42 Å². The number of nitrogens with two attached hydrogens (primary N) is 1. The van der Waals surface area contributed by atoms with Crippen molar-refractivity contribution in [1.29, 1.82) is 0 Å². The van der Waals surface area contributed by atoms with E-state index in [4.69, 9.17) is 5.73 Å². The first-order valence-electron chi connectivity index (χ1n) is 4.34. The number of nitrogens with zero attached hydrogens (tertiary/aromatic N) is 1. The van der Waals surface area contributed by atoms with E-state index in [1.54, 1.807) is 18.3 Å². The van der Waals surface area contributed by atoms with Crippen LogP contribution in [0.1, 0.15) is 16.8 Å². The summed E-state index contributed by atoms with van der Waals surface area (Å²) in [5, 5.41) is 2.75. The molecule has 0 saturated carbocycles. The maximum atomic E-state index is 11.5. The first-order valence-corrected chi connectivity index (χ1v) is 5.14. The van der Waals surface area contributed by atoms with Crippen LogP contribution in [0.4, 0.5) is 0 Å². The lowest BCUT2D eigenvalue weighted by atomic mass is 10.2. The van der Waals surface area contributed by atoms with Gasteiger partial charge in [-0.2, -0.15) is 0 Å². The number of hydrogen-bond acceptors (Lipinski definition) is 3. The fraction of sp³-hybridized carbons (Fsp3) is 0.333. The second-order valence-corrected chi connectivity index (χ2v) is 3.49. The van der Waals surface area contributed by atoms with Crippen LogP contribution in [0.5, 0.6) is 0 Å². The molecule has 1 rings (SSSR count). The molecule has 0 saturated heterocycles. The van der Waals surface area contributed by atoms with Crippen LogP contribution in [0.2, 0.25) is 0 Å². The average Bonchev–Trinajstić information content (AvgIpc) is 2.18. The van der Waals surface area contributed by atoms with E-state index in [0.29, 0.717) is 23.3 Å². The van der Waals surface area contributed by atoms with Crippen LogP contribution < -0.4 is 11.1 Å². The number of hydrogen-bond donors (Lipinski definition) is 2. The largest absolute Gasteiger partial charge is 0.352 e. The van der Waals surface area contributed by atoms with E-state index in [2.05, 4.69) is 26.2 Å². The van der Waals surface area contributed by atoms with E-state index in [1.165, 1.54) is 0 Å². The fourth-order valence-electron chi connectivity index (χ4n) is 0.955. The Labute approximate surface area is 91.0 Å². The van der Waals surface area contributed by atoms with Gasteiger partial charge in [-0.1, -0.05) is 0 Å². The van der Waals surface area contributed by atoms with Crippen LogP contribution in [-0.2, 0) is 0 Å². The van der Waals surface area contributed by atoms with Crippen molar-refractivity contribution in [3.8, 4) is 0 Å². The number of aromatic nitrogens is 1. The fourth-order valence-corrected chi connectivity index (χ4v) is 1.39. The predicted octanol–water partition coefficient (Wildman–Crippen LogP) is 0.923. The molecule has 1 aromatic heterocycles. The van der Waals surface area contributed by atoms with E-state index in [9.17, 15) is 4.79 Å². The van der Waals surface area contributed by atoms with Gasteiger partial charge in [0.1, 0.15) is 4.60 Å². The number of carbonyl (C=O) groups is 1.